The highest BCUT2D eigenvalue weighted by atomic mass is 32.1. The average molecular weight is 355 g/mol. The maximum absolute atomic E-state index is 12.7. The predicted molar refractivity (Wildman–Crippen MR) is 101 cm³/mol. The first-order chi connectivity index (χ1) is 12.2. The van der Waals surface area contributed by atoms with Gasteiger partial charge in [-0.3, -0.25) is 14.7 Å². The zero-order valence-electron chi connectivity index (χ0n) is 14.4. The van der Waals surface area contributed by atoms with E-state index in [0.717, 1.165) is 28.1 Å². The van der Waals surface area contributed by atoms with E-state index in [1.165, 1.54) is 11.3 Å². The lowest BCUT2D eigenvalue weighted by molar-refractivity contribution is -0.118. The number of benzene rings is 1. The molecule has 25 heavy (non-hydrogen) atoms. The van der Waals surface area contributed by atoms with Crippen molar-refractivity contribution in [1.82, 2.24) is 9.97 Å². The van der Waals surface area contributed by atoms with Gasteiger partial charge in [0.2, 0.25) is 5.91 Å². The average Bonchev–Trinajstić information content (AvgIpc) is 3.06. The van der Waals surface area contributed by atoms with Crippen LogP contribution in [0, 0.1) is 0 Å². The van der Waals surface area contributed by atoms with Crippen molar-refractivity contribution in [3.8, 4) is 5.75 Å². The van der Waals surface area contributed by atoms with Gasteiger partial charge in [-0.1, -0.05) is 30.4 Å². The fourth-order valence-electron chi connectivity index (χ4n) is 2.56. The van der Waals surface area contributed by atoms with Gasteiger partial charge in [-0.25, -0.2) is 4.98 Å². The van der Waals surface area contributed by atoms with Crippen molar-refractivity contribution in [2.45, 2.75) is 33.2 Å². The van der Waals surface area contributed by atoms with Crippen LogP contribution in [0.15, 0.2) is 42.6 Å². The maximum atomic E-state index is 12.7. The molecule has 0 saturated heterocycles. The molecule has 130 valence electrons. The first-order valence-electron chi connectivity index (χ1n) is 8.45. The van der Waals surface area contributed by atoms with Gasteiger partial charge in [-0.2, -0.15) is 0 Å². The Kier molecular flexibility index (Phi) is 5.60. The van der Waals surface area contributed by atoms with Gasteiger partial charge in [-0.05, 0) is 37.6 Å². The topological polar surface area (TPSA) is 55.3 Å². The zero-order valence-corrected chi connectivity index (χ0v) is 15.3. The third-order valence-corrected chi connectivity index (χ3v) is 4.76. The number of carbonyl (C=O) groups is 1. The Hall–Kier alpha value is -2.47. The molecule has 6 heteroatoms. The molecule has 2 aromatic heterocycles. The van der Waals surface area contributed by atoms with E-state index in [1.54, 1.807) is 11.1 Å². The molecule has 5 nitrogen and oxygen atoms in total. The summed E-state index contributed by atoms with van der Waals surface area (Å²) in [6.07, 6.45) is 3.02. The fraction of sp³-hybridized carbons (Fsp3) is 0.316. The molecule has 2 heterocycles. The van der Waals surface area contributed by atoms with Crippen molar-refractivity contribution in [1.29, 1.82) is 0 Å². The van der Waals surface area contributed by atoms with Crippen LogP contribution in [0.2, 0.25) is 0 Å². The Bertz CT molecular complexity index is 848. The van der Waals surface area contributed by atoms with E-state index in [4.69, 9.17) is 9.72 Å². The molecule has 1 amide bonds. The van der Waals surface area contributed by atoms with Crippen LogP contribution in [-0.4, -0.2) is 22.5 Å². The molecule has 3 aromatic rings. The number of para-hydroxylation sites is 1. The van der Waals surface area contributed by atoms with Crippen LogP contribution in [0.25, 0.3) is 10.2 Å². The summed E-state index contributed by atoms with van der Waals surface area (Å²) in [6.45, 7) is 4.95. The molecule has 0 bridgehead atoms. The van der Waals surface area contributed by atoms with E-state index in [-0.39, 0.29) is 5.91 Å². The van der Waals surface area contributed by atoms with E-state index in [1.807, 2.05) is 50.2 Å². The molecule has 0 aliphatic carbocycles. The minimum Gasteiger partial charge on any atom is -0.492 e. The van der Waals surface area contributed by atoms with Gasteiger partial charge in [0, 0.05) is 12.6 Å². The smallest absolute Gasteiger partial charge is 0.229 e. The van der Waals surface area contributed by atoms with E-state index >= 15 is 0 Å². The summed E-state index contributed by atoms with van der Waals surface area (Å²) in [4.78, 5) is 23.4. The third-order valence-electron chi connectivity index (χ3n) is 3.71. The maximum Gasteiger partial charge on any atom is 0.229 e. The van der Waals surface area contributed by atoms with Crippen LogP contribution < -0.4 is 9.64 Å². The van der Waals surface area contributed by atoms with Crippen LogP contribution in [0.3, 0.4) is 0 Å². The summed E-state index contributed by atoms with van der Waals surface area (Å²) < 4.78 is 6.68. The summed E-state index contributed by atoms with van der Waals surface area (Å²) in [6, 6.07) is 11.6. The molecule has 3 rings (SSSR count). The summed E-state index contributed by atoms with van der Waals surface area (Å²) in [7, 11) is 0. The molecular weight excluding hydrogens is 334 g/mol. The molecule has 0 unspecified atom stereocenters. The number of pyridine rings is 1. The van der Waals surface area contributed by atoms with Crippen molar-refractivity contribution in [3.63, 3.8) is 0 Å². The van der Waals surface area contributed by atoms with Crippen LogP contribution >= 0.6 is 11.3 Å². The number of ether oxygens (including phenoxy) is 1. The molecule has 1 aromatic carbocycles. The number of fused-ring (bicyclic) bond motifs is 1. The lowest BCUT2D eigenvalue weighted by atomic mass is 10.3. The standard InChI is InChI=1S/C19H21N3O2S/c1-3-8-17(23)22(13-14-9-5-6-12-20-14)19-21-18-15(24-4-2)10-7-11-16(18)25-19/h5-7,9-12H,3-4,8,13H2,1-2H3. The number of thiazole rings is 1. The number of nitrogens with zero attached hydrogens (tertiary/aromatic N) is 3. The number of aromatic nitrogens is 2. The molecular formula is C19H21N3O2S. The van der Waals surface area contributed by atoms with E-state index < -0.39 is 0 Å². The number of rotatable bonds is 7. The van der Waals surface area contributed by atoms with Crippen molar-refractivity contribution >= 4 is 32.6 Å². The number of hydrogen-bond donors (Lipinski definition) is 0. The Balaban J connectivity index is 1.99. The third kappa shape index (κ3) is 3.96. The van der Waals surface area contributed by atoms with Gasteiger partial charge in [0.15, 0.2) is 5.13 Å². The molecule has 0 aliphatic rings. The van der Waals surface area contributed by atoms with Gasteiger partial charge in [-0.15, -0.1) is 0 Å². The highest BCUT2D eigenvalue weighted by Gasteiger charge is 2.21. The van der Waals surface area contributed by atoms with Crippen molar-refractivity contribution in [2.75, 3.05) is 11.5 Å². The second-order valence-corrected chi connectivity index (χ2v) is 6.59. The summed E-state index contributed by atoms with van der Waals surface area (Å²) in [5.74, 6) is 0.813. The van der Waals surface area contributed by atoms with Gasteiger partial charge in [0.05, 0.1) is 23.5 Å². The molecule has 0 aliphatic heterocycles. The number of hydrogen-bond acceptors (Lipinski definition) is 5. The monoisotopic (exact) mass is 355 g/mol. The van der Waals surface area contributed by atoms with Crippen molar-refractivity contribution < 1.29 is 9.53 Å². The summed E-state index contributed by atoms with van der Waals surface area (Å²) in [5, 5.41) is 0.686. The first-order valence-corrected chi connectivity index (χ1v) is 9.27. The Morgan fingerprint density at radius 3 is 2.80 bits per heavy atom. The number of anilines is 1. The molecule has 0 fully saturated rings. The van der Waals surface area contributed by atoms with Crippen LogP contribution in [0.5, 0.6) is 5.75 Å². The van der Waals surface area contributed by atoms with Gasteiger partial charge in [0.25, 0.3) is 0 Å². The first kappa shape index (κ1) is 17.4. The molecule has 0 spiro atoms. The number of carbonyl (C=O) groups excluding carboxylic acids is 1. The summed E-state index contributed by atoms with van der Waals surface area (Å²) in [5.41, 5.74) is 1.65. The highest BCUT2D eigenvalue weighted by Crippen LogP contribution is 2.35. The van der Waals surface area contributed by atoms with Crippen LogP contribution in [0.1, 0.15) is 32.4 Å². The lowest BCUT2D eigenvalue weighted by Gasteiger charge is -2.19. The second-order valence-electron chi connectivity index (χ2n) is 5.58. The molecule has 0 radical (unpaired) electrons. The predicted octanol–water partition coefficient (Wildman–Crippen LogP) is 4.42. The lowest BCUT2D eigenvalue weighted by Crippen LogP contribution is -2.30. The van der Waals surface area contributed by atoms with Gasteiger partial charge >= 0.3 is 0 Å². The van der Waals surface area contributed by atoms with E-state index in [9.17, 15) is 4.79 Å². The van der Waals surface area contributed by atoms with Gasteiger partial charge in [0.1, 0.15) is 11.3 Å². The Morgan fingerprint density at radius 1 is 1.20 bits per heavy atom. The number of amides is 1. The van der Waals surface area contributed by atoms with Crippen molar-refractivity contribution in [3.05, 3.63) is 48.3 Å². The van der Waals surface area contributed by atoms with E-state index in [0.29, 0.717) is 24.7 Å². The Labute approximate surface area is 151 Å². The second kappa shape index (κ2) is 8.07. The largest absolute Gasteiger partial charge is 0.492 e. The quantitative estimate of drug-likeness (QED) is 0.629. The van der Waals surface area contributed by atoms with Crippen LogP contribution in [-0.2, 0) is 11.3 Å². The molecule has 0 atom stereocenters. The zero-order chi connectivity index (χ0) is 17.6. The van der Waals surface area contributed by atoms with Crippen molar-refractivity contribution in [2.24, 2.45) is 0 Å². The molecule has 0 saturated carbocycles. The normalized spacial score (nSPS) is 10.8. The minimum atomic E-state index is 0.0603. The summed E-state index contributed by atoms with van der Waals surface area (Å²) >= 11 is 1.51. The minimum absolute atomic E-state index is 0.0603. The van der Waals surface area contributed by atoms with Crippen LogP contribution in [0.4, 0.5) is 5.13 Å². The SMILES string of the molecule is CCCC(=O)N(Cc1ccccn1)c1nc2c(OCC)cccc2s1. The fourth-order valence-corrected chi connectivity index (χ4v) is 3.56. The van der Waals surface area contributed by atoms with Gasteiger partial charge < -0.3 is 4.74 Å². The molecule has 0 N–H and O–H groups in total. The van der Waals surface area contributed by atoms with E-state index in [2.05, 4.69) is 4.98 Å². The Morgan fingerprint density at radius 2 is 2.08 bits per heavy atom. The highest BCUT2D eigenvalue weighted by molar-refractivity contribution is 7.22.